The number of ether oxygens (including phenoxy) is 1. The van der Waals surface area contributed by atoms with Crippen LogP contribution < -0.4 is 10.5 Å². The van der Waals surface area contributed by atoms with Gasteiger partial charge in [0, 0.05) is 19.1 Å². The first kappa shape index (κ1) is 15.9. The van der Waals surface area contributed by atoms with Crippen LogP contribution in [0.3, 0.4) is 0 Å². The van der Waals surface area contributed by atoms with Crippen LogP contribution in [0.5, 0.6) is 5.75 Å². The van der Waals surface area contributed by atoms with Crippen molar-refractivity contribution in [1.29, 1.82) is 0 Å². The van der Waals surface area contributed by atoms with Gasteiger partial charge in [0.1, 0.15) is 5.75 Å². The van der Waals surface area contributed by atoms with E-state index in [0.717, 1.165) is 12.1 Å². The van der Waals surface area contributed by atoms with Gasteiger partial charge in [0.2, 0.25) is 0 Å². The average molecular weight is 272 g/mol. The maximum absolute atomic E-state index is 12.1. The van der Waals surface area contributed by atoms with E-state index < -0.39 is 6.61 Å². The number of hydrogen-bond donors (Lipinski definition) is 1. The SMILES string of the molecule is CC(C)CN(C)C(CN)c1ccc(OC(F)F)cc1. The predicted octanol–water partition coefficient (Wildman–Crippen LogP) is 2.88. The molecule has 0 aliphatic heterocycles. The molecule has 0 fully saturated rings. The quantitative estimate of drug-likeness (QED) is 0.829. The van der Waals surface area contributed by atoms with Crippen LogP contribution in [0, 0.1) is 5.92 Å². The predicted molar refractivity (Wildman–Crippen MR) is 72.3 cm³/mol. The van der Waals surface area contributed by atoms with Crippen molar-refractivity contribution in [2.24, 2.45) is 11.7 Å². The van der Waals surface area contributed by atoms with Gasteiger partial charge in [-0.15, -0.1) is 0 Å². The summed E-state index contributed by atoms with van der Waals surface area (Å²) in [6.07, 6.45) is 0. The van der Waals surface area contributed by atoms with Gasteiger partial charge in [0.05, 0.1) is 0 Å². The van der Waals surface area contributed by atoms with Crippen LogP contribution in [0.2, 0.25) is 0 Å². The highest BCUT2D eigenvalue weighted by Gasteiger charge is 2.16. The Bertz CT molecular complexity index is 368. The Labute approximate surface area is 113 Å². The lowest BCUT2D eigenvalue weighted by molar-refractivity contribution is -0.0498. The summed E-state index contributed by atoms with van der Waals surface area (Å²) in [4.78, 5) is 2.17. The molecule has 108 valence electrons. The van der Waals surface area contributed by atoms with E-state index >= 15 is 0 Å². The molecule has 19 heavy (non-hydrogen) atoms. The molecule has 0 aliphatic carbocycles. The Morgan fingerprint density at radius 2 is 1.79 bits per heavy atom. The van der Waals surface area contributed by atoms with Gasteiger partial charge in [0.15, 0.2) is 0 Å². The Morgan fingerprint density at radius 1 is 1.21 bits per heavy atom. The third kappa shape index (κ3) is 5.12. The van der Waals surface area contributed by atoms with Crippen LogP contribution in [-0.4, -0.2) is 31.6 Å². The molecule has 2 N–H and O–H groups in total. The molecule has 0 amide bonds. The summed E-state index contributed by atoms with van der Waals surface area (Å²) in [5.41, 5.74) is 6.81. The Balaban J connectivity index is 2.76. The summed E-state index contributed by atoms with van der Waals surface area (Å²) in [5.74, 6) is 0.710. The molecule has 1 aromatic rings. The van der Waals surface area contributed by atoms with Crippen molar-refractivity contribution in [2.45, 2.75) is 26.5 Å². The van der Waals surface area contributed by atoms with Crippen molar-refractivity contribution >= 4 is 0 Å². The van der Waals surface area contributed by atoms with Crippen LogP contribution in [0.25, 0.3) is 0 Å². The van der Waals surface area contributed by atoms with Gasteiger partial charge in [-0.1, -0.05) is 26.0 Å². The van der Waals surface area contributed by atoms with Crippen LogP contribution >= 0.6 is 0 Å². The Hall–Kier alpha value is -1.20. The average Bonchev–Trinajstić information content (AvgIpc) is 2.30. The molecular formula is C14H22F2N2O. The summed E-state index contributed by atoms with van der Waals surface area (Å²) in [5, 5.41) is 0. The fourth-order valence-electron chi connectivity index (χ4n) is 2.15. The first-order valence-electron chi connectivity index (χ1n) is 6.39. The number of hydrogen-bond acceptors (Lipinski definition) is 3. The monoisotopic (exact) mass is 272 g/mol. The fraction of sp³-hybridized carbons (Fsp3) is 0.571. The number of nitrogens with zero attached hydrogens (tertiary/aromatic N) is 1. The topological polar surface area (TPSA) is 38.5 Å². The maximum atomic E-state index is 12.1. The summed E-state index contributed by atoms with van der Waals surface area (Å²) in [6, 6.07) is 6.75. The second-order valence-corrected chi connectivity index (χ2v) is 5.03. The van der Waals surface area contributed by atoms with Gasteiger partial charge in [-0.2, -0.15) is 8.78 Å². The molecule has 0 saturated heterocycles. The molecular weight excluding hydrogens is 250 g/mol. The molecule has 1 rings (SSSR count). The largest absolute Gasteiger partial charge is 0.435 e. The molecule has 0 radical (unpaired) electrons. The zero-order valence-electron chi connectivity index (χ0n) is 11.6. The second-order valence-electron chi connectivity index (χ2n) is 5.03. The van der Waals surface area contributed by atoms with Crippen molar-refractivity contribution in [3.63, 3.8) is 0 Å². The fourth-order valence-corrected chi connectivity index (χ4v) is 2.15. The number of nitrogens with two attached hydrogens (primary N) is 1. The summed E-state index contributed by atoms with van der Waals surface area (Å²) >= 11 is 0. The third-order valence-corrected chi connectivity index (χ3v) is 2.90. The molecule has 3 nitrogen and oxygen atoms in total. The van der Waals surface area contributed by atoms with E-state index in [9.17, 15) is 8.78 Å². The van der Waals surface area contributed by atoms with E-state index in [-0.39, 0.29) is 11.8 Å². The molecule has 1 aromatic carbocycles. The Kier molecular flexibility index (Phi) is 6.18. The zero-order valence-corrected chi connectivity index (χ0v) is 11.6. The molecule has 0 aromatic heterocycles. The minimum absolute atomic E-state index is 0.0861. The van der Waals surface area contributed by atoms with Crippen molar-refractivity contribution in [1.82, 2.24) is 4.90 Å². The number of rotatable bonds is 7. The number of likely N-dealkylation sites (N-methyl/N-ethyl adjacent to an activating group) is 1. The minimum Gasteiger partial charge on any atom is -0.435 e. The highest BCUT2D eigenvalue weighted by molar-refractivity contribution is 5.29. The van der Waals surface area contributed by atoms with Crippen LogP contribution in [0.4, 0.5) is 8.78 Å². The number of alkyl halides is 2. The van der Waals surface area contributed by atoms with E-state index in [1.807, 2.05) is 7.05 Å². The van der Waals surface area contributed by atoms with E-state index in [1.165, 1.54) is 0 Å². The van der Waals surface area contributed by atoms with E-state index in [2.05, 4.69) is 23.5 Å². The summed E-state index contributed by atoms with van der Waals surface area (Å²) in [6.45, 7) is 2.91. The maximum Gasteiger partial charge on any atom is 0.387 e. The van der Waals surface area contributed by atoms with Crippen LogP contribution in [0.1, 0.15) is 25.5 Å². The third-order valence-electron chi connectivity index (χ3n) is 2.90. The highest BCUT2D eigenvalue weighted by atomic mass is 19.3. The van der Waals surface area contributed by atoms with Gasteiger partial charge in [0.25, 0.3) is 0 Å². The van der Waals surface area contributed by atoms with Gasteiger partial charge in [-0.05, 0) is 30.7 Å². The van der Waals surface area contributed by atoms with Gasteiger partial charge < -0.3 is 10.5 Å². The van der Waals surface area contributed by atoms with Crippen molar-refractivity contribution in [3.05, 3.63) is 29.8 Å². The lowest BCUT2D eigenvalue weighted by Gasteiger charge is -2.28. The van der Waals surface area contributed by atoms with Crippen molar-refractivity contribution in [2.75, 3.05) is 20.1 Å². The number of benzene rings is 1. The molecule has 0 saturated carbocycles. The van der Waals surface area contributed by atoms with E-state index in [4.69, 9.17) is 5.73 Å². The van der Waals surface area contributed by atoms with Gasteiger partial charge in [-0.3, -0.25) is 4.90 Å². The van der Waals surface area contributed by atoms with E-state index in [1.54, 1.807) is 24.3 Å². The molecule has 0 spiro atoms. The lowest BCUT2D eigenvalue weighted by Crippen LogP contribution is -2.33. The Morgan fingerprint density at radius 3 is 2.21 bits per heavy atom. The summed E-state index contributed by atoms with van der Waals surface area (Å²) in [7, 11) is 2.01. The molecule has 0 aliphatic rings. The highest BCUT2D eigenvalue weighted by Crippen LogP contribution is 2.22. The zero-order chi connectivity index (χ0) is 14.4. The van der Waals surface area contributed by atoms with E-state index in [0.29, 0.717) is 12.5 Å². The van der Waals surface area contributed by atoms with Gasteiger partial charge >= 0.3 is 6.61 Å². The standard InChI is InChI=1S/C14H22F2N2O/c1-10(2)9-18(3)13(8-17)11-4-6-12(7-5-11)19-14(15)16/h4-7,10,13-14H,8-9,17H2,1-3H3. The minimum atomic E-state index is -2.79. The van der Waals surface area contributed by atoms with Crippen molar-refractivity contribution in [3.8, 4) is 5.75 Å². The van der Waals surface area contributed by atoms with Gasteiger partial charge in [-0.25, -0.2) is 0 Å². The molecule has 0 heterocycles. The smallest absolute Gasteiger partial charge is 0.387 e. The lowest BCUT2D eigenvalue weighted by atomic mass is 10.0. The normalized spacial score (nSPS) is 13.3. The molecule has 0 bridgehead atoms. The second kappa shape index (κ2) is 7.40. The summed E-state index contributed by atoms with van der Waals surface area (Å²) < 4.78 is 28.5. The van der Waals surface area contributed by atoms with Crippen LogP contribution in [-0.2, 0) is 0 Å². The van der Waals surface area contributed by atoms with Crippen LogP contribution in [0.15, 0.2) is 24.3 Å². The van der Waals surface area contributed by atoms with Crippen molar-refractivity contribution < 1.29 is 13.5 Å². The number of halogens is 2. The first-order chi connectivity index (χ1) is 8.93. The molecule has 1 atom stereocenters. The molecule has 5 heteroatoms. The first-order valence-corrected chi connectivity index (χ1v) is 6.39. The molecule has 1 unspecified atom stereocenters.